The van der Waals surface area contributed by atoms with Crippen molar-refractivity contribution in [2.75, 3.05) is 18.0 Å². The Balaban J connectivity index is 2.34. The number of benzene rings is 1. The van der Waals surface area contributed by atoms with E-state index in [2.05, 4.69) is 28.2 Å². The van der Waals surface area contributed by atoms with Crippen LogP contribution in [0.5, 0.6) is 0 Å². The number of nitrogens with two attached hydrogens (primary N) is 1. The average Bonchev–Trinajstić information content (AvgIpc) is 2.78. The smallest absolute Gasteiger partial charge is 0.145 e. The molecule has 110 valence electrons. The molecule has 2 rings (SSSR count). The first-order chi connectivity index (χ1) is 10.2. The molecule has 1 aromatic carbocycles. The van der Waals surface area contributed by atoms with Crippen molar-refractivity contribution in [3.8, 4) is 6.07 Å². The summed E-state index contributed by atoms with van der Waals surface area (Å²) in [6, 6.07) is 12.5. The van der Waals surface area contributed by atoms with Crippen LogP contribution in [-0.2, 0) is 13.6 Å². The molecular weight excluding hydrogens is 262 g/mol. The highest BCUT2D eigenvalue weighted by Crippen LogP contribution is 2.24. The molecular formula is C16H21N5. The van der Waals surface area contributed by atoms with E-state index in [1.165, 1.54) is 5.56 Å². The average molecular weight is 283 g/mol. The van der Waals surface area contributed by atoms with E-state index in [0.29, 0.717) is 12.1 Å². The summed E-state index contributed by atoms with van der Waals surface area (Å²) in [4.78, 5) is 2.18. The summed E-state index contributed by atoms with van der Waals surface area (Å²) in [5.41, 5.74) is 8.26. The molecule has 21 heavy (non-hydrogen) atoms. The van der Waals surface area contributed by atoms with Crippen molar-refractivity contribution in [2.24, 2.45) is 12.8 Å². The molecule has 0 aliphatic rings. The van der Waals surface area contributed by atoms with Gasteiger partial charge in [-0.2, -0.15) is 10.4 Å². The molecule has 5 nitrogen and oxygen atoms in total. The third kappa shape index (κ3) is 3.41. The second-order valence-electron chi connectivity index (χ2n) is 5.07. The molecule has 2 aromatic rings. The van der Waals surface area contributed by atoms with Crippen molar-refractivity contribution < 1.29 is 0 Å². The Bertz CT molecular complexity index is 624. The predicted octanol–water partition coefficient (Wildman–Crippen LogP) is 1.96. The maximum absolute atomic E-state index is 9.40. The Morgan fingerprint density at radius 3 is 2.67 bits per heavy atom. The van der Waals surface area contributed by atoms with E-state index in [4.69, 9.17) is 5.73 Å². The van der Waals surface area contributed by atoms with Crippen LogP contribution in [-0.4, -0.2) is 22.9 Å². The van der Waals surface area contributed by atoms with Crippen molar-refractivity contribution in [1.82, 2.24) is 9.78 Å². The Morgan fingerprint density at radius 1 is 1.33 bits per heavy atom. The van der Waals surface area contributed by atoms with Crippen molar-refractivity contribution in [3.05, 3.63) is 47.2 Å². The third-order valence-electron chi connectivity index (χ3n) is 3.45. The van der Waals surface area contributed by atoms with E-state index < -0.39 is 0 Å². The fraction of sp³-hybridized carbons (Fsp3) is 0.375. The minimum Gasteiger partial charge on any atom is -0.351 e. The highest BCUT2D eigenvalue weighted by atomic mass is 15.4. The third-order valence-corrected chi connectivity index (χ3v) is 3.45. The lowest BCUT2D eigenvalue weighted by Gasteiger charge is -2.25. The molecule has 0 saturated heterocycles. The topological polar surface area (TPSA) is 70.9 Å². The lowest BCUT2D eigenvalue weighted by molar-refractivity contribution is 0.674. The number of nitriles is 1. The standard InChI is InChI=1S/C16H21N5/c1-13-15(11-18)16(20(2)19-13)21(10-6-9-17)12-14-7-4-3-5-8-14/h3-5,7-8H,6,9-10,12,17H2,1-2H3. The summed E-state index contributed by atoms with van der Waals surface area (Å²) >= 11 is 0. The van der Waals surface area contributed by atoms with E-state index in [0.717, 1.165) is 31.0 Å². The normalized spacial score (nSPS) is 10.4. The minimum atomic E-state index is 0.629. The maximum Gasteiger partial charge on any atom is 0.145 e. The zero-order valence-electron chi connectivity index (χ0n) is 12.6. The Labute approximate surface area is 125 Å². The Kier molecular flexibility index (Phi) is 4.96. The summed E-state index contributed by atoms with van der Waals surface area (Å²) in [5, 5.41) is 13.8. The molecule has 0 unspecified atom stereocenters. The van der Waals surface area contributed by atoms with E-state index in [9.17, 15) is 5.26 Å². The number of anilines is 1. The fourth-order valence-corrected chi connectivity index (χ4v) is 2.49. The molecule has 0 radical (unpaired) electrons. The lowest BCUT2D eigenvalue weighted by atomic mass is 10.2. The van der Waals surface area contributed by atoms with Gasteiger partial charge < -0.3 is 10.6 Å². The first-order valence-electron chi connectivity index (χ1n) is 7.10. The zero-order valence-corrected chi connectivity index (χ0v) is 12.6. The summed E-state index contributed by atoms with van der Waals surface area (Å²) in [6.07, 6.45) is 0.877. The van der Waals surface area contributed by atoms with E-state index in [-0.39, 0.29) is 0 Å². The van der Waals surface area contributed by atoms with Crippen LogP contribution in [0.2, 0.25) is 0 Å². The molecule has 0 bridgehead atoms. The van der Waals surface area contributed by atoms with Gasteiger partial charge in [0, 0.05) is 20.1 Å². The molecule has 1 aromatic heterocycles. The minimum absolute atomic E-state index is 0.629. The highest BCUT2D eigenvalue weighted by molar-refractivity contribution is 5.57. The lowest BCUT2D eigenvalue weighted by Crippen LogP contribution is -2.28. The molecule has 0 aliphatic heterocycles. The van der Waals surface area contributed by atoms with Crippen LogP contribution in [0.25, 0.3) is 0 Å². The van der Waals surface area contributed by atoms with Gasteiger partial charge in [-0.05, 0) is 25.5 Å². The molecule has 2 N–H and O–H groups in total. The van der Waals surface area contributed by atoms with E-state index in [1.807, 2.05) is 32.2 Å². The van der Waals surface area contributed by atoms with Crippen molar-refractivity contribution in [3.63, 3.8) is 0 Å². The van der Waals surface area contributed by atoms with Gasteiger partial charge in [-0.25, -0.2) is 0 Å². The van der Waals surface area contributed by atoms with Gasteiger partial charge >= 0.3 is 0 Å². The van der Waals surface area contributed by atoms with E-state index in [1.54, 1.807) is 4.68 Å². The summed E-state index contributed by atoms with van der Waals surface area (Å²) in [6.45, 7) is 4.04. The van der Waals surface area contributed by atoms with Gasteiger partial charge in [-0.15, -0.1) is 0 Å². The van der Waals surface area contributed by atoms with Crippen LogP contribution in [0, 0.1) is 18.3 Å². The molecule has 0 amide bonds. The molecule has 1 heterocycles. The summed E-state index contributed by atoms with van der Waals surface area (Å²) < 4.78 is 1.79. The van der Waals surface area contributed by atoms with Crippen LogP contribution < -0.4 is 10.6 Å². The number of hydrogen-bond donors (Lipinski definition) is 1. The maximum atomic E-state index is 9.40. The van der Waals surface area contributed by atoms with Gasteiger partial charge in [0.1, 0.15) is 17.5 Å². The Morgan fingerprint density at radius 2 is 2.05 bits per heavy atom. The van der Waals surface area contributed by atoms with Gasteiger partial charge in [0.2, 0.25) is 0 Å². The monoisotopic (exact) mass is 283 g/mol. The second-order valence-corrected chi connectivity index (χ2v) is 5.07. The van der Waals surface area contributed by atoms with Crippen LogP contribution in [0.15, 0.2) is 30.3 Å². The zero-order chi connectivity index (χ0) is 15.2. The fourth-order valence-electron chi connectivity index (χ4n) is 2.49. The van der Waals surface area contributed by atoms with Crippen molar-refractivity contribution >= 4 is 5.82 Å². The quantitative estimate of drug-likeness (QED) is 0.879. The predicted molar refractivity (Wildman–Crippen MR) is 83.8 cm³/mol. The molecule has 0 saturated carbocycles. The van der Waals surface area contributed by atoms with Gasteiger partial charge in [-0.1, -0.05) is 30.3 Å². The van der Waals surface area contributed by atoms with Crippen molar-refractivity contribution in [2.45, 2.75) is 19.9 Å². The molecule has 0 fully saturated rings. The van der Waals surface area contributed by atoms with Crippen LogP contribution in [0.1, 0.15) is 23.2 Å². The van der Waals surface area contributed by atoms with E-state index >= 15 is 0 Å². The summed E-state index contributed by atoms with van der Waals surface area (Å²) in [7, 11) is 1.88. The van der Waals surface area contributed by atoms with Crippen LogP contribution >= 0.6 is 0 Å². The number of aromatic nitrogens is 2. The van der Waals surface area contributed by atoms with Gasteiger partial charge in [0.15, 0.2) is 0 Å². The number of nitrogens with zero attached hydrogens (tertiary/aromatic N) is 4. The first-order valence-corrected chi connectivity index (χ1v) is 7.10. The molecule has 0 atom stereocenters. The number of rotatable bonds is 6. The Hall–Kier alpha value is -2.32. The van der Waals surface area contributed by atoms with Crippen LogP contribution in [0.4, 0.5) is 5.82 Å². The van der Waals surface area contributed by atoms with Gasteiger partial charge in [-0.3, -0.25) is 4.68 Å². The molecule has 0 spiro atoms. The van der Waals surface area contributed by atoms with Gasteiger partial charge in [0.25, 0.3) is 0 Å². The van der Waals surface area contributed by atoms with Gasteiger partial charge in [0.05, 0.1) is 5.69 Å². The SMILES string of the molecule is Cc1nn(C)c(N(CCCN)Cc2ccccc2)c1C#N. The largest absolute Gasteiger partial charge is 0.351 e. The molecule has 5 heteroatoms. The highest BCUT2D eigenvalue weighted by Gasteiger charge is 2.19. The van der Waals surface area contributed by atoms with Crippen molar-refractivity contribution in [1.29, 1.82) is 5.26 Å². The molecule has 0 aliphatic carbocycles. The van der Waals surface area contributed by atoms with Crippen LogP contribution in [0.3, 0.4) is 0 Å². The number of hydrogen-bond acceptors (Lipinski definition) is 4. The summed E-state index contributed by atoms with van der Waals surface area (Å²) in [5.74, 6) is 0.868. The number of aryl methyl sites for hydroxylation is 2. The first kappa shape index (κ1) is 15.1. The second kappa shape index (κ2) is 6.91.